The number of rotatable bonds is 5. The van der Waals surface area contributed by atoms with E-state index in [-0.39, 0.29) is 5.75 Å². The van der Waals surface area contributed by atoms with E-state index in [2.05, 4.69) is 10.2 Å². The van der Waals surface area contributed by atoms with Crippen LogP contribution in [0.5, 0.6) is 0 Å². The van der Waals surface area contributed by atoms with Crippen LogP contribution in [-0.2, 0) is 4.79 Å². The molecule has 0 spiro atoms. The maximum Gasteiger partial charge on any atom is 0.318 e. The van der Waals surface area contributed by atoms with E-state index in [1.54, 1.807) is 12.1 Å². The van der Waals surface area contributed by atoms with Crippen LogP contribution in [0, 0.1) is 13.8 Å². The largest absolute Gasteiger partial charge is 0.351 e. The van der Waals surface area contributed by atoms with Crippen LogP contribution in [0.25, 0.3) is 17.1 Å². The molecular weight excluding hydrogens is 398 g/mol. The van der Waals surface area contributed by atoms with Crippen LogP contribution in [0.3, 0.4) is 0 Å². The molecule has 144 valence electrons. The number of carbonyl (C=O) groups is 2. The number of thioether (sulfide) groups is 1. The van der Waals surface area contributed by atoms with Gasteiger partial charge in [0.2, 0.25) is 5.91 Å². The van der Waals surface area contributed by atoms with Crippen LogP contribution in [0.1, 0.15) is 11.1 Å². The zero-order valence-electron chi connectivity index (χ0n) is 15.3. The molecule has 7 nitrogen and oxygen atoms in total. The van der Waals surface area contributed by atoms with E-state index < -0.39 is 11.9 Å². The quantitative estimate of drug-likeness (QED) is 0.621. The molecule has 0 aliphatic carbocycles. The predicted molar refractivity (Wildman–Crippen MR) is 110 cm³/mol. The Balaban J connectivity index is 2.07. The van der Waals surface area contributed by atoms with Crippen molar-refractivity contribution in [3.8, 4) is 17.1 Å². The van der Waals surface area contributed by atoms with Gasteiger partial charge in [0.15, 0.2) is 11.0 Å². The summed E-state index contributed by atoms with van der Waals surface area (Å²) in [6, 6.07) is 12.5. The van der Waals surface area contributed by atoms with E-state index in [1.165, 1.54) is 0 Å². The molecule has 0 fully saturated rings. The molecule has 2 aromatic carbocycles. The van der Waals surface area contributed by atoms with E-state index in [1.807, 2.05) is 54.1 Å². The Morgan fingerprint density at radius 2 is 1.96 bits per heavy atom. The summed E-state index contributed by atoms with van der Waals surface area (Å²) in [4.78, 5) is 22.7. The van der Waals surface area contributed by atoms with Crippen molar-refractivity contribution in [1.29, 1.82) is 0 Å². The molecule has 0 aliphatic rings. The number of urea groups is 1. The highest BCUT2D eigenvalue weighted by atomic mass is 35.5. The van der Waals surface area contributed by atoms with Gasteiger partial charge in [-0.15, -0.1) is 10.2 Å². The SMILES string of the molecule is Cc1ccc(C)c(-n2c(SCC(=O)NC(N)=O)nnc2-c2cccc(Cl)c2)c1. The van der Waals surface area contributed by atoms with E-state index >= 15 is 0 Å². The number of aromatic nitrogens is 3. The van der Waals surface area contributed by atoms with Gasteiger partial charge >= 0.3 is 6.03 Å². The van der Waals surface area contributed by atoms with Crippen molar-refractivity contribution < 1.29 is 9.59 Å². The summed E-state index contributed by atoms with van der Waals surface area (Å²) in [5.74, 6) is 0.0768. The normalized spacial score (nSPS) is 10.7. The highest BCUT2D eigenvalue weighted by Crippen LogP contribution is 2.30. The fourth-order valence-corrected chi connectivity index (χ4v) is 3.59. The molecule has 0 atom stereocenters. The molecule has 3 amide bonds. The summed E-state index contributed by atoms with van der Waals surface area (Å²) in [7, 11) is 0. The summed E-state index contributed by atoms with van der Waals surface area (Å²) >= 11 is 7.31. The Hall–Kier alpha value is -2.84. The number of aryl methyl sites for hydroxylation is 2. The Kier molecular flexibility index (Phi) is 6.01. The number of amides is 3. The fraction of sp³-hybridized carbons (Fsp3) is 0.158. The van der Waals surface area contributed by atoms with Gasteiger partial charge in [0.25, 0.3) is 0 Å². The number of halogens is 1. The topological polar surface area (TPSA) is 103 Å². The average molecular weight is 416 g/mol. The molecule has 0 radical (unpaired) electrons. The summed E-state index contributed by atoms with van der Waals surface area (Å²) in [6.45, 7) is 3.99. The average Bonchev–Trinajstić information content (AvgIpc) is 3.05. The maximum atomic E-state index is 11.8. The van der Waals surface area contributed by atoms with Crippen molar-refractivity contribution in [2.24, 2.45) is 5.73 Å². The van der Waals surface area contributed by atoms with Gasteiger partial charge < -0.3 is 5.73 Å². The molecule has 3 aromatic rings. The summed E-state index contributed by atoms with van der Waals surface area (Å²) in [6.07, 6.45) is 0. The lowest BCUT2D eigenvalue weighted by Crippen LogP contribution is -2.36. The van der Waals surface area contributed by atoms with Crippen molar-refractivity contribution >= 4 is 35.3 Å². The first-order chi connectivity index (χ1) is 13.3. The lowest BCUT2D eigenvalue weighted by atomic mass is 10.1. The molecule has 0 aliphatic heterocycles. The zero-order chi connectivity index (χ0) is 20.3. The zero-order valence-corrected chi connectivity index (χ0v) is 16.8. The summed E-state index contributed by atoms with van der Waals surface area (Å²) in [5.41, 5.74) is 8.79. The standard InChI is InChI=1S/C19H18ClN5O2S/c1-11-6-7-12(2)15(8-11)25-17(13-4-3-5-14(20)9-13)23-24-19(25)28-10-16(26)22-18(21)27/h3-9H,10H2,1-2H3,(H3,21,22,26,27). The number of nitrogens with one attached hydrogen (secondary N) is 1. The number of nitrogens with zero attached hydrogens (tertiary/aromatic N) is 3. The van der Waals surface area contributed by atoms with Gasteiger partial charge in [0.05, 0.1) is 11.4 Å². The molecule has 28 heavy (non-hydrogen) atoms. The monoisotopic (exact) mass is 415 g/mol. The molecule has 3 rings (SSSR count). The summed E-state index contributed by atoms with van der Waals surface area (Å²) < 4.78 is 1.89. The lowest BCUT2D eigenvalue weighted by molar-refractivity contribution is -0.117. The molecule has 0 saturated heterocycles. The van der Waals surface area contributed by atoms with Gasteiger partial charge in [-0.2, -0.15) is 0 Å². The number of hydrogen-bond acceptors (Lipinski definition) is 5. The minimum Gasteiger partial charge on any atom is -0.351 e. The minimum absolute atomic E-state index is 0.0263. The first-order valence-corrected chi connectivity index (χ1v) is 9.72. The van der Waals surface area contributed by atoms with E-state index in [0.29, 0.717) is 16.0 Å². The third-order valence-electron chi connectivity index (χ3n) is 3.92. The highest BCUT2D eigenvalue weighted by Gasteiger charge is 2.19. The number of imide groups is 1. The number of hydrogen-bond donors (Lipinski definition) is 2. The molecule has 0 bridgehead atoms. The second kappa shape index (κ2) is 8.45. The van der Waals surface area contributed by atoms with Crippen molar-refractivity contribution in [3.05, 3.63) is 58.6 Å². The molecular formula is C19H18ClN5O2S. The number of nitrogens with two attached hydrogens (primary N) is 1. The Labute approximate surface area is 171 Å². The fourth-order valence-electron chi connectivity index (χ4n) is 2.66. The van der Waals surface area contributed by atoms with E-state index in [9.17, 15) is 9.59 Å². The van der Waals surface area contributed by atoms with Gasteiger partial charge in [-0.25, -0.2) is 4.79 Å². The molecule has 3 N–H and O–H groups in total. The molecule has 0 saturated carbocycles. The van der Waals surface area contributed by atoms with Crippen LogP contribution in [0.4, 0.5) is 4.79 Å². The van der Waals surface area contributed by atoms with Crippen molar-refractivity contribution in [3.63, 3.8) is 0 Å². The molecule has 1 aromatic heterocycles. The maximum absolute atomic E-state index is 11.8. The molecule has 0 unspecified atom stereocenters. The van der Waals surface area contributed by atoms with Gasteiger partial charge in [-0.05, 0) is 43.2 Å². The number of benzene rings is 2. The summed E-state index contributed by atoms with van der Waals surface area (Å²) in [5, 5.41) is 11.7. The van der Waals surface area contributed by atoms with E-state index in [4.69, 9.17) is 17.3 Å². The smallest absolute Gasteiger partial charge is 0.318 e. The van der Waals surface area contributed by atoms with Crippen LogP contribution < -0.4 is 11.1 Å². The van der Waals surface area contributed by atoms with Gasteiger partial charge in [-0.1, -0.05) is 47.6 Å². The van der Waals surface area contributed by atoms with Crippen LogP contribution in [0.2, 0.25) is 5.02 Å². The highest BCUT2D eigenvalue weighted by molar-refractivity contribution is 7.99. The van der Waals surface area contributed by atoms with Crippen LogP contribution in [-0.4, -0.2) is 32.5 Å². The Bertz CT molecular complexity index is 1050. The Morgan fingerprint density at radius 3 is 2.68 bits per heavy atom. The van der Waals surface area contributed by atoms with Crippen molar-refractivity contribution in [1.82, 2.24) is 20.1 Å². The van der Waals surface area contributed by atoms with E-state index in [0.717, 1.165) is 34.1 Å². The van der Waals surface area contributed by atoms with Gasteiger partial charge in [-0.3, -0.25) is 14.7 Å². The molecule has 9 heteroatoms. The second-order valence-corrected chi connectivity index (χ2v) is 7.52. The third-order valence-corrected chi connectivity index (χ3v) is 5.08. The van der Waals surface area contributed by atoms with Crippen LogP contribution in [0.15, 0.2) is 47.6 Å². The van der Waals surface area contributed by atoms with Crippen molar-refractivity contribution in [2.75, 3.05) is 5.75 Å². The predicted octanol–water partition coefficient (Wildman–Crippen LogP) is 3.49. The second-order valence-electron chi connectivity index (χ2n) is 6.14. The number of carbonyl (C=O) groups excluding carboxylic acids is 2. The van der Waals surface area contributed by atoms with Crippen molar-refractivity contribution in [2.45, 2.75) is 19.0 Å². The number of primary amides is 1. The van der Waals surface area contributed by atoms with Crippen LogP contribution >= 0.6 is 23.4 Å². The first kappa shape index (κ1) is 19.9. The third kappa shape index (κ3) is 4.52. The first-order valence-electron chi connectivity index (χ1n) is 8.36. The Morgan fingerprint density at radius 1 is 1.18 bits per heavy atom. The molecule has 1 heterocycles. The van der Waals surface area contributed by atoms with Gasteiger partial charge in [0, 0.05) is 10.6 Å². The minimum atomic E-state index is -0.888. The lowest BCUT2D eigenvalue weighted by Gasteiger charge is -2.14. The van der Waals surface area contributed by atoms with Gasteiger partial charge in [0.1, 0.15) is 0 Å².